The minimum atomic E-state index is 0.395. The lowest BCUT2D eigenvalue weighted by Crippen LogP contribution is -2.17. The predicted molar refractivity (Wildman–Crippen MR) is 65.5 cm³/mol. The fourth-order valence-corrected chi connectivity index (χ4v) is 2.42. The molecule has 16 heavy (non-hydrogen) atoms. The van der Waals surface area contributed by atoms with Gasteiger partial charge < -0.3 is 9.73 Å². The van der Waals surface area contributed by atoms with Crippen LogP contribution in [0.4, 0.5) is 0 Å². The van der Waals surface area contributed by atoms with Crippen molar-refractivity contribution >= 4 is 11.0 Å². The van der Waals surface area contributed by atoms with Gasteiger partial charge in [-0.25, -0.2) is 0 Å². The first-order valence-corrected chi connectivity index (χ1v) is 5.96. The lowest BCUT2D eigenvalue weighted by Gasteiger charge is -2.11. The Balaban J connectivity index is 2.06. The van der Waals surface area contributed by atoms with E-state index in [1.807, 2.05) is 7.05 Å². The van der Waals surface area contributed by atoms with Crippen molar-refractivity contribution in [1.82, 2.24) is 5.32 Å². The van der Waals surface area contributed by atoms with Crippen LogP contribution in [0.2, 0.25) is 0 Å². The minimum absolute atomic E-state index is 0.395. The fraction of sp³-hybridized carbons (Fsp3) is 0.429. The molecule has 1 aromatic carbocycles. The molecule has 1 heterocycles. The van der Waals surface area contributed by atoms with Gasteiger partial charge in [0, 0.05) is 5.39 Å². The van der Waals surface area contributed by atoms with Gasteiger partial charge in [0.05, 0.1) is 6.04 Å². The van der Waals surface area contributed by atoms with E-state index < -0.39 is 0 Å². The number of rotatable bonds is 3. The summed E-state index contributed by atoms with van der Waals surface area (Å²) in [6.45, 7) is 2.10. The SMILES string of the molecule is CNC(c1cc2cccc(C)c2o1)C1CC1. The first kappa shape index (κ1) is 9.91. The zero-order valence-electron chi connectivity index (χ0n) is 9.79. The highest BCUT2D eigenvalue weighted by Crippen LogP contribution is 2.42. The molecule has 1 atom stereocenters. The van der Waals surface area contributed by atoms with Gasteiger partial charge in [-0.3, -0.25) is 0 Å². The van der Waals surface area contributed by atoms with Crippen LogP contribution in [0.5, 0.6) is 0 Å². The third kappa shape index (κ3) is 1.54. The Bertz CT molecular complexity index is 510. The molecule has 2 nitrogen and oxygen atoms in total. The monoisotopic (exact) mass is 215 g/mol. The molecule has 84 valence electrons. The molecule has 1 unspecified atom stereocenters. The molecule has 1 aromatic heterocycles. The highest BCUT2D eigenvalue weighted by molar-refractivity contribution is 5.81. The molecule has 0 spiro atoms. The summed E-state index contributed by atoms with van der Waals surface area (Å²) in [5.41, 5.74) is 2.26. The summed E-state index contributed by atoms with van der Waals surface area (Å²) in [6.07, 6.45) is 2.64. The largest absolute Gasteiger partial charge is 0.459 e. The third-order valence-electron chi connectivity index (χ3n) is 3.47. The molecule has 0 bridgehead atoms. The molecular formula is C14H17NO. The Morgan fingerprint density at radius 3 is 2.81 bits per heavy atom. The summed E-state index contributed by atoms with van der Waals surface area (Å²) in [6, 6.07) is 8.88. The van der Waals surface area contributed by atoms with E-state index in [-0.39, 0.29) is 0 Å². The highest BCUT2D eigenvalue weighted by Gasteiger charge is 2.33. The van der Waals surface area contributed by atoms with E-state index in [0.717, 1.165) is 17.3 Å². The molecule has 1 aliphatic carbocycles. The fourth-order valence-electron chi connectivity index (χ4n) is 2.42. The summed E-state index contributed by atoms with van der Waals surface area (Å²) >= 11 is 0. The normalized spacial score (nSPS) is 17.9. The Morgan fingerprint density at radius 1 is 1.38 bits per heavy atom. The summed E-state index contributed by atoms with van der Waals surface area (Å²) in [5.74, 6) is 1.86. The van der Waals surface area contributed by atoms with Crippen LogP contribution < -0.4 is 5.32 Å². The molecule has 0 radical (unpaired) electrons. The van der Waals surface area contributed by atoms with Crippen molar-refractivity contribution in [3.8, 4) is 0 Å². The van der Waals surface area contributed by atoms with E-state index in [2.05, 4.69) is 36.5 Å². The Morgan fingerprint density at radius 2 is 2.19 bits per heavy atom. The van der Waals surface area contributed by atoms with Crippen molar-refractivity contribution in [2.75, 3.05) is 7.05 Å². The van der Waals surface area contributed by atoms with Crippen LogP contribution in [0.3, 0.4) is 0 Å². The molecule has 3 rings (SSSR count). The Hall–Kier alpha value is -1.28. The number of hydrogen-bond acceptors (Lipinski definition) is 2. The highest BCUT2D eigenvalue weighted by atomic mass is 16.3. The molecular weight excluding hydrogens is 198 g/mol. The first-order chi connectivity index (χ1) is 7.79. The van der Waals surface area contributed by atoms with Gasteiger partial charge in [0.25, 0.3) is 0 Å². The molecule has 1 aliphatic rings. The number of fused-ring (bicyclic) bond motifs is 1. The second-order valence-electron chi connectivity index (χ2n) is 4.75. The standard InChI is InChI=1S/C14H17NO/c1-9-4-3-5-11-8-12(16-14(9)11)13(15-2)10-6-7-10/h3-5,8,10,13,15H,6-7H2,1-2H3. The van der Waals surface area contributed by atoms with Crippen molar-refractivity contribution in [1.29, 1.82) is 0 Å². The number of para-hydroxylation sites is 1. The van der Waals surface area contributed by atoms with Crippen molar-refractivity contribution < 1.29 is 4.42 Å². The van der Waals surface area contributed by atoms with Crippen molar-refractivity contribution in [2.24, 2.45) is 5.92 Å². The molecule has 1 N–H and O–H groups in total. The summed E-state index contributed by atoms with van der Waals surface area (Å²) in [4.78, 5) is 0. The predicted octanol–water partition coefficient (Wildman–Crippen LogP) is 3.41. The molecule has 0 saturated heterocycles. The zero-order chi connectivity index (χ0) is 11.1. The molecule has 1 saturated carbocycles. The average Bonchev–Trinajstić information content (AvgIpc) is 2.99. The number of benzene rings is 1. The molecule has 1 fully saturated rings. The van der Waals surface area contributed by atoms with E-state index in [4.69, 9.17) is 4.42 Å². The van der Waals surface area contributed by atoms with Gasteiger partial charge in [0.2, 0.25) is 0 Å². The van der Waals surface area contributed by atoms with Gasteiger partial charge in [-0.2, -0.15) is 0 Å². The van der Waals surface area contributed by atoms with Crippen LogP contribution in [0.25, 0.3) is 11.0 Å². The first-order valence-electron chi connectivity index (χ1n) is 5.96. The van der Waals surface area contributed by atoms with Gasteiger partial charge in [0.1, 0.15) is 11.3 Å². The summed E-state index contributed by atoms with van der Waals surface area (Å²) in [5, 5.41) is 4.59. The molecule has 0 amide bonds. The van der Waals surface area contributed by atoms with Gasteiger partial charge in [-0.05, 0) is 44.4 Å². The number of aryl methyl sites for hydroxylation is 1. The molecule has 0 aliphatic heterocycles. The topological polar surface area (TPSA) is 25.2 Å². The molecule has 2 heteroatoms. The maximum atomic E-state index is 5.99. The van der Waals surface area contributed by atoms with Crippen LogP contribution in [0.1, 0.15) is 30.2 Å². The van der Waals surface area contributed by atoms with Gasteiger partial charge in [0.15, 0.2) is 0 Å². The van der Waals surface area contributed by atoms with Gasteiger partial charge in [-0.1, -0.05) is 18.2 Å². The van der Waals surface area contributed by atoms with Gasteiger partial charge in [-0.15, -0.1) is 0 Å². The second-order valence-corrected chi connectivity index (χ2v) is 4.75. The van der Waals surface area contributed by atoms with E-state index in [1.165, 1.54) is 23.8 Å². The van der Waals surface area contributed by atoms with Crippen LogP contribution in [-0.4, -0.2) is 7.05 Å². The van der Waals surface area contributed by atoms with Crippen molar-refractivity contribution in [3.05, 3.63) is 35.6 Å². The smallest absolute Gasteiger partial charge is 0.137 e. The third-order valence-corrected chi connectivity index (χ3v) is 3.47. The van der Waals surface area contributed by atoms with Crippen LogP contribution in [-0.2, 0) is 0 Å². The second kappa shape index (κ2) is 3.63. The van der Waals surface area contributed by atoms with Crippen molar-refractivity contribution in [3.63, 3.8) is 0 Å². The Kier molecular flexibility index (Phi) is 2.25. The maximum absolute atomic E-state index is 5.99. The van der Waals surface area contributed by atoms with Crippen LogP contribution in [0, 0.1) is 12.8 Å². The lowest BCUT2D eigenvalue weighted by atomic mass is 10.1. The molecule has 2 aromatic rings. The maximum Gasteiger partial charge on any atom is 0.137 e. The summed E-state index contributed by atoms with van der Waals surface area (Å²) in [7, 11) is 2.02. The van der Waals surface area contributed by atoms with E-state index in [1.54, 1.807) is 0 Å². The zero-order valence-corrected chi connectivity index (χ0v) is 9.79. The van der Waals surface area contributed by atoms with Crippen LogP contribution >= 0.6 is 0 Å². The Labute approximate surface area is 95.6 Å². The van der Waals surface area contributed by atoms with Crippen molar-refractivity contribution in [2.45, 2.75) is 25.8 Å². The van der Waals surface area contributed by atoms with E-state index in [9.17, 15) is 0 Å². The number of nitrogens with one attached hydrogen (secondary N) is 1. The summed E-state index contributed by atoms with van der Waals surface area (Å²) < 4.78 is 5.99. The lowest BCUT2D eigenvalue weighted by molar-refractivity contribution is 0.419. The van der Waals surface area contributed by atoms with Crippen LogP contribution in [0.15, 0.2) is 28.7 Å². The van der Waals surface area contributed by atoms with E-state index in [0.29, 0.717) is 6.04 Å². The van der Waals surface area contributed by atoms with E-state index >= 15 is 0 Å². The minimum Gasteiger partial charge on any atom is -0.459 e. The number of furan rings is 1. The number of hydrogen-bond donors (Lipinski definition) is 1. The average molecular weight is 215 g/mol. The quantitative estimate of drug-likeness (QED) is 0.848. The van der Waals surface area contributed by atoms with Gasteiger partial charge >= 0.3 is 0 Å².